The van der Waals surface area contributed by atoms with Crippen LogP contribution in [0.5, 0.6) is 0 Å². The van der Waals surface area contributed by atoms with Gasteiger partial charge in [-0.2, -0.15) is 0 Å². The number of hydrogen-bond donors (Lipinski definition) is 3. The van der Waals surface area contributed by atoms with Crippen molar-refractivity contribution in [1.29, 1.82) is 0 Å². The van der Waals surface area contributed by atoms with E-state index < -0.39 is 22.1 Å². The molecule has 0 spiro atoms. The van der Waals surface area contributed by atoms with Crippen LogP contribution in [0.1, 0.15) is 17.1 Å². The molecule has 0 aliphatic carbocycles. The molecule has 0 saturated carbocycles. The summed E-state index contributed by atoms with van der Waals surface area (Å²) in [5.41, 5.74) is 2.40. The summed E-state index contributed by atoms with van der Waals surface area (Å²) < 4.78 is 39.1. The molecule has 12 nitrogen and oxygen atoms in total. The molecule has 45 heavy (non-hydrogen) atoms. The first-order valence-corrected chi connectivity index (χ1v) is 22.6. The van der Waals surface area contributed by atoms with E-state index in [1.54, 1.807) is 18.2 Å². The Labute approximate surface area is 288 Å². The average Bonchev–Trinajstić information content (AvgIpc) is 2.98. The van der Waals surface area contributed by atoms with Crippen LogP contribution < -0.4 is 16.3 Å². The molecule has 3 unspecified atom stereocenters. The lowest BCUT2D eigenvalue weighted by molar-refractivity contribution is 0.207. The number of pyridine rings is 3. The van der Waals surface area contributed by atoms with E-state index in [0.29, 0.717) is 89.4 Å². The van der Waals surface area contributed by atoms with Crippen molar-refractivity contribution in [3.8, 4) is 0 Å². The van der Waals surface area contributed by atoms with Crippen LogP contribution in [-0.2, 0) is 33.3 Å². The van der Waals surface area contributed by atoms with Gasteiger partial charge in [0.2, 0.25) is 22.1 Å². The van der Waals surface area contributed by atoms with Crippen LogP contribution in [0.25, 0.3) is 0 Å². The zero-order valence-electron chi connectivity index (χ0n) is 25.1. The van der Waals surface area contributed by atoms with Gasteiger partial charge in [0.05, 0.1) is 17.1 Å². The van der Waals surface area contributed by atoms with E-state index in [1.807, 2.05) is 18.2 Å². The van der Waals surface area contributed by atoms with Gasteiger partial charge in [-0.25, -0.2) is 15.0 Å². The monoisotopic (exact) mass is 870 g/mol. The van der Waals surface area contributed by atoms with Crippen LogP contribution >= 0.6 is 69.9 Å². The molecule has 3 atom stereocenters. The van der Waals surface area contributed by atoms with Gasteiger partial charge < -0.3 is 14.7 Å². The van der Waals surface area contributed by atoms with E-state index in [9.17, 15) is 28.4 Å². The Morgan fingerprint density at radius 1 is 0.533 bits per heavy atom. The summed E-state index contributed by atoms with van der Waals surface area (Å²) in [5.74, 6) is 0. The molecule has 1 aliphatic rings. The molecule has 0 amide bonds. The molecule has 0 aromatic carbocycles. The fourth-order valence-corrected chi connectivity index (χ4v) is 8.89. The quantitative estimate of drug-likeness (QED) is 0.269. The number of nitrogens with zero attached hydrogens (tertiary/aromatic N) is 6. The molecule has 0 bridgehead atoms. The predicted octanol–water partition coefficient (Wildman–Crippen LogP) is 3.56. The number of aromatic nitrogens is 3. The van der Waals surface area contributed by atoms with Gasteiger partial charge in [0.1, 0.15) is 16.3 Å². The third-order valence-corrected chi connectivity index (χ3v) is 11.7. The third kappa shape index (κ3) is 11.5. The van der Waals surface area contributed by atoms with Crippen molar-refractivity contribution in [1.82, 2.24) is 29.7 Å². The lowest BCUT2D eigenvalue weighted by Gasteiger charge is -2.26. The fourth-order valence-electron chi connectivity index (χ4n) is 4.83. The zero-order valence-corrected chi connectivity index (χ0v) is 32.5. The molecule has 1 aliphatic heterocycles. The molecule has 1 fully saturated rings. The Bertz CT molecular complexity index is 1480. The SMILES string of the molecule is CP(=O)(O)c1cc(Br)cc(CN2CCN(Cc3cc(Br)cc(P(C)(=O)O)n3)CCN(Cc3cc(Br)cc(P(C)(=O)O)n3)CC2)n1. The smallest absolute Gasteiger partial charge is 0.244 e. The van der Waals surface area contributed by atoms with Gasteiger partial charge in [-0.15, -0.1) is 0 Å². The van der Waals surface area contributed by atoms with Gasteiger partial charge >= 0.3 is 0 Å². The molecule has 1 saturated heterocycles. The summed E-state index contributed by atoms with van der Waals surface area (Å²) in [7, 11) is -10.7. The second-order valence-corrected chi connectivity index (χ2v) is 20.8. The van der Waals surface area contributed by atoms with Crippen LogP contribution in [0, 0.1) is 0 Å². The maximum absolute atomic E-state index is 12.4. The van der Waals surface area contributed by atoms with Gasteiger partial charge in [0, 0.05) is 92.3 Å². The summed E-state index contributed by atoms with van der Waals surface area (Å²) in [6, 6.07) is 10.2. The molecule has 3 aromatic rings. The summed E-state index contributed by atoms with van der Waals surface area (Å²) in [6.45, 7) is 9.12. The first-order chi connectivity index (χ1) is 20.8. The second-order valence-electron chi connectivity index (χ2n) is 11.4. The van der Waals surface area contributed by atoms with E-state index in [0.717, 1.165) is 0 Å². The minimum absolute atomic E-state index is 0.140. The van der Waals surface area contributed by atoms with Crippen molar-refractivity contribution in [2.75, 3.05) is 59.3 Å². The highest BCUT2D eigenvalue weighted by atomic mass is 79.9. The van der Waals surface area contributed by atoms with Crippen molar-refractivity contribution in [2.45, 2.75) is 19.6 Å². The Morgan fingerprint density at radius 2 is 0.756 bits per heavy atom. The third-order valence-electron chi connectivity index (χ3n) is 7.12. The average molecular weight is 873 g/mol. The standard InChI is InChI=1S/C27H36Br3N6O6P3/c1-43(37,38)25-13-19(28)10-22(31-25)16-34-4-6-35(17-23-11-20(29)14-26(32-23)44(2,39)40)8-9-36(7-5-34)18-24-12-21(30)15-27(33-24)45(3,41)42/h10-15H,4-9,16-18H2,1-3H3,(H,37,38)(H,39,40)(H,41,42). The largest absolute Gasteiger partial charge is 0.340 e. The van der Waals surface area contributed by atoms with Crippen LogP contribution in [0.4, 0.5) is 0 Å². The molecule has 246 valence electrons. The highest BCUT2D eigenvalue weighted by Crippen LogP contribution is 2.35. The van der Waals surface area contributed by atoms with Crippen LogP contribution in [0.15, 0.2) is 49.8 Å². The van der Waals surface area contributed by atoms with Gasteiger partial charge in [0.15, 0.2) is 0 Å². The summed E-state index contributed by atoms with van der Waals surface area (Å²) in [4.78, 5) is 50.6. The highest BCUT2D eigenvalue weighted by Gasteiger charge is 2.23. The van der Waals surface area contributed by atoms with Crippen molar-refractivity contribution in [3.05, 3.63) is 66.9 Å². The van der Waals surface area contributed by atoms with Crippen LogP contribution in [0.3, 0.4) is 0 Å². The minimum atomic E-state index is -3.56. The normalized spacial score (nSPS) is 19.9. The minimum Gasteiger partial charge on any atom is -0.340 e. The Kier molecular flexibility index (Phi) is 12.6. The Hall–Kier alpha value is -0.660. The lowest BCUT2D eigenvalue weighted by Crippen LogP contribution is -2.36. The van der Waals surface area contributed by atoms with Crippen molar-refractivity contribution < 1.29 is 28.4 Å². The Balaban J connectivity index is 1.61. The molecule has 4 heterocycles. The molecule has 0 radical (unpaired) electrons. The molecule has 3 N–H and O–H groups in total. The summed E-state index contributed by atoms with van der Waals surface area (Å²) in [5, 5.41) is 0. The summed E-state index contributed by atoms with van der Waals surface area (Å²) in [6.07, 6.45) is 0. The van der Waals surface area contributed by atoms with Crippen LogP contribution in [0.2, 0.25) is 0 Å². The van der Waals surface area contributed by atoms with Gasteiger partial charge in [0.25, 0.3) is 0 Å². The summed E-state index contributed by atoms with van der Waals surface area (Å²) >= 11 is 10.4. The van der Waals surface area contributed by atoms with E-state index in [2.05, 4.69) is 77.4 Å². The Morgan fingerprint density at radius 3 is 0.956 bits per heavy atom. The predicted molar refractivity (Wildman–Crippen MR) is 188 cm³/mol. The molecule has 4 rings (SSSR count). The fraction of sp³-hybridized carbons (Fsp3) is 0.444. The number of halogens is 3. The maximum atomic E-state index is 12.4. The van der Waals surface area contributed by atoms with Crippen molar-refractivity contribution in [2.24, 2.45) is 0 Å². The van der Waals surface area contributed by atoms with Crippen molar-refractivity contribution in [3.63, 3.8) is 0 Å². The van der Waals surface area contributed by atoms with Gasteiger partial charge in [-0.3, -0.25) is 28.4 Å². The zero-order chi connectivity index (χ0) is 33.2. The van der Waals surface area contributed by atoms with Crippen LogP contribution in [-0.4, -0.2) is 104 Å². The van der Waals surface area contributed by atoms with Crippen molar-refractivity contribution >= 4 is 86.2 Å². The van der Waals surface area contributed by atoms with Gasteiger partial charge in [-0.05, 0) is 36.4 Å². The lowest BCUT2D eigenvalue weighted by atomic mass is 10.3. The van der Waals surface area contributed by atoms with E-state index in [4.69, 9.17) is 0 Å². The van der Waals surface area contributed by atoms with Gasteiger partial charge in [-0.1, -0.05) is 47.8 Å². The molecule has 3 aromatic heterocycles. The first-order valence-electron chi connectivity index (χ1n) is 13.9. The van der Waals surface area contributed by atoms with E-state index in [-0.39, 0.29) is 16.3 Å². The second kappa shape index (κ2) is 15.3. The maximum Gasteiger partial charge on any atom is 0.244 e. The van der Waals surface area contributed by atoms with E-state index >= 15 is 0 Å². The number of rotatable bonds is 9. The van der Waals surface area contributed by atoms with E-state index in [1.165, 1.54) is 20.0 Å². The highest BCUT2D eigenvalue weighted by molar-refractivity contribution is 9.11. The topological polar surface area (TPSA) is 160 Å². The molecule has 18 heteroatoms. The first kappa shape index (κ1) is 37.2. The molecular weight excluding hydrogens is 837 g/mol. The number of hydrogen-bond acceptors (Lipinski definition) is 9. The molecular formula is C27H36Br3N6O6P3.